The van der Waals surface area contributed by atoms with Crippen LogP contribution in [0.3, 0.4) is 0 Å². The topological polar surface area (TPSA) is 51.0 Å². The first-order valence-electron chi connectivity index (χ1n) is 8.37. The lowest BCUT2D eigenvalue weighted by Crippen LogP contribution is -2.40. The highest BCUT2D eigenvalue weighted by Gasteiger charge is 2.23. The highest BCUT2D eigenvalue weighted by molar-refractivity contribution is 5.76. The van der Waals surface area contributed by atoms with Crippen molar-refractivity contribution in [3.8, 4) is 0 Å². The summed E-state index contributed by atoms with van der Waals surface area (Å²) in [5.41, 5.74) is 2.37. The Hall–Kier alpha value is -2.17. The smallest absolute Gasteiger partial charge is 0.224 e. The largest absolute Gasteiger partial charge is 0.342 e. The molecule has 122 valence electrons. The minimum absolute atomic E-state index is 0.246. The second kappa shape index (κ2) is 7.40. The van der Waals surface area contributed by atoms with Gasteiger partial charge in [-0.2, -0.15) is 5.10 Å². The van der Waals surface area contributed by atoms with Gasteiger partial charge in [0.1, 0.15) is 0 Å². The van der Waals surface area contributed by atoms with Gasteiger partial charge in [-0.05, 0) is 49.8 Å². The van der Waals surface area contributed by atoms with Gasteiger partial charge in [0.15, 0.2) is 0 Å². The lowest BCUT2D eigenvalue weighted by atomic mass is 9.92. The van der Waals surface area contributed by atoms with Crippen molar-refractivity contribution in [3.63, 3.8) is 0 Å². The van der Waals surface area contributed by atoms with Crippen LogP contribution in [0.4, 0.5) is 0 Å². The van der Waals surface area contributed by atoms with Gasteiger partial charge in [-0.3, -0.25) is 14.5 Å². The number of aryl methyl sites for hydroxylation is 2. The molecule has 1 atom stereocenters. The molecule has 2 aromatic rings. The molecule has 23 heavy (non-hydrogen) atoms. The summed E-state index contributed by atoms with van der Waals surface area (Å²) < 4.78 is 1.90. The minimum atomic E-state index is 0.246. The SMILES string of the molecule is Cc1ccnn1CCC(=O)N1CCCC(Cc2cccnc2)C1. The van der Waals surface area contributed by atoms with E-state index in [1.807, 2.05) is 34.8 Å². The third kappa shape index (κ3) is 4.18. The van der Waals surface area contributed by atoms with Crippen molar-refractivity contribution in [2.24, 2.45) is 5.92 Å². The number of pyridine rings is 1. The number of aromatic nitrogens is 3. The number of piperidine rings is 1. The Bertz CT molecular complexity index is 637. The predicted molar refractivity (Wildman–Crippen MR) is 88.8 cm³/mol. The van der Waals surface area contributed by atoms with Crippen molar-refractivity contribution in [2.75, 3.05) is 13.1 Å². The maximum Gasteiger partial charge on any atom is 0.224 e. The fraction of sp³-hybridized carbons (Fsp3) is 0.500. The van der Waals surface area contributed by atoms with Crippen LogP contribution in [-0.4, -0.2) is 38.7 Å². The van der Waals surface area contributed by atoms with Gasteiger partial charge in [0.25, 0.3) is 0 Å². The van der Waals surface area contributed by atoms with Crippen molar-refractivity contribution in [2.45, 2.75) is 39.2 Å². The number of carbonyl (C=O) groups is 1. The normalized spacial score (nSPS) is 18.1. The fourth-order valence-electron chi connectivity index (χ4n) is 3.30. The number of carbonyl (C=O) groups excluding carboxylic acids is 1. The number of likely N-dealkylation sites (tertiary alicyclic amines) is 1. The number of hydrogen-bond acceptors (Lipinski definition) is 3. The van der Waals surface area contributed by atoms with Crippen molar-refractivity contribution >= 4 is 5.91 Å². The molecular formula is C18H24N4O. The van der Waals surface area contributed by atoms with Crippen LogP contribution in [-0.2, 0) is 17.8 Å². The molecule has 5 nitrogen and oxygen atoms in total. The van der Waals surface area contributed by atoms with Crippen LogP contribution in [0.25, 0.3) is 0 Å². The lowest BCUT2D eigenvalue weighted by molar-refractivity contribution is -0.133. The van der Waals surface area contributed by atoms with Gasteiger partial charge in [-0.15, -0.1) is 0 Å². The molecule has 0 aliphatic carbocycles. The molecule has 5 heteroatoms. The van der Waals surface area contributed by atoms with Crippen LogP contribution < -0.4 is 0 Å². The fourth-order valence-corrected chi connectivity index (χ4v) is 3.30. The Morgan fingerprint density at radius 3 is 3.00 bits per heavy atom. The van der Waals surface area contributed by atoms with Crippen LogP contribution in [0.5, 0.6) is 0 Å². The zero-order valence-electron chi connectivity index (χ0n) is 13.7. The van der Waals surface area contributed by atoms with Gasteiger partial charge in [-0.1, -0.05) is 6.07 Å². The van der Waals surface area contributed by atoms with E-state index in [-0.39, 0.29) is 5.91 Å². The second-order valence-corrected chi connectivity index (χ2v) is 6.36. The summed E-state index contributed by atoms with van der Waals surface area (Å²) in [5.74, 6) is 0.791. The average Bonchev–Trinajstić information content (AvgIpc) is 2.99. The first-order chi connectivity index (χ1) is 11.2. The molecule has 0 radical (unpaired) electrons. The first kappa shape index (κ1) is 15.7. The van der Waals surface area contributed by atoms with E-state index in [2.05, 4.69) is 16.1 Å². The summed E-state index contributed by atoms with van der Waals surface area (Å²) in [4.78, 5) is 18.7. The molecule has 1 fully saturated rings. The standard InChI is InChI=1S/C18H24N4O/c1-15-6-9-20-22(15)11-7-18(23)21-10-3-5-17(14-21)12-16-4-2-8-19-13-16/h2,4,6,8-9,13,17H,3,5,7,10-12,14H2,1H3. The van der Waals surface area contributed by atoms with Crippen LogP contribution in [0.1, 0.15) is 30.5 Å². The summed E-state index contributed by atoms with van der Waals surface area (Å²) >= 11 is 0. The van der Waals surface area contributed by atoms with E-state index in [0.717, 1.165) is 31.6 Å². The van der Waals surface area contributed by atoms with Gasteiger partial charge < -0.3 is 4.90 Å². The molecule has 1 aliphatic rings. The van der Waals surface area contributed by atoms with Crippen molar-refractivity contribution in [3.05, 3.63) is 48.0 Å². The van der Waals surface area contributed by atoms with Crippen LogP contribution in [0.2, 0.25) is 0 Å². The van der Waals surface area contributed by atoms with E-state index in [1.165, 1.54) is 12.0 Å². The number of hydrogen-bond donors (Lipinski definition) is 0. The Morgan fingerprint density at radius 2 is 2.26 bits per heavy atom. The third-order valence-electron chi connectivity index (χ3n) is 4.59. The summed E-state index contributed by atoms with van der Waals surface area (Å²) in [6.07, 6.45) is 9.34. The molecule has 1 amide bonds. The number of rotatable bonds is 5. The quantitative estimate of drug-likeness (QED) is 0.852. The minimum Gasteiger partial charge on any atom is -0.342 e. The Balaban J connectivity index is 1.51. The molecular weight excluding hydrogens is 288 g/mol. The lowest BCUT2D eigenvalue weighted by Gasteiger charge is -2.33. The third-order valence-corrected chi connectivity index (χ3v) is 4.59. The number of nitrogens with zero attached hydrogens (tertiary/aromatic N) is 4. The van der Waals surface area contributed by atoms with E-state index in [0.29, 0.717) is 18.9 Å². The molecule has 1 saturated heterocycles. The summed E-state index contributed by atoms with van der Waals surface area (Å²) in [6, 6.07) is 6.07. The highest BCUT2D eigenvalue weighted by Crippen LogP contribution is 2.21. The molecule has 0 N–H and O–H groups in total. The second-order valence-electron chi connectivity index (χ2n) is 6.36. The maximum absolute atomic E-state index is 12.5. The molecule has 3 heterocycles. The van der Waals surface area contributed by atoms with E-state index in [1.54, 1.807) is 12.4 Å². The Kier molecular flexibility index (Phi) is 5.05. The van der Waals surface area contributed by atoms with E-state index >= 15 is 0 Å². The Labute approximate surface area is 137 Å². The van der Waals surface area contributed by atoms with E-state index in [9.17, 15) is 4.79 Å². The molecule has 1 unspecified atom stereocenters. The Morgan fingerprint density at radius 1 is 1.35 bits per heavy atom. The maximum atomic E-state index is 12.5. The average molecular weight is 312 g/mol. The van der Waals surface area contributed by atoms with Crippen LogP contribution in [0.15, 0.2) is 36.8 Å². The summed E-state index contributed by atoms with van der Waals surface area (Å²) in [6.45, 7) is 4.44. The highest BCUT2D eigenvalue weighted by atomic mass is 16.2. The predicted octanol–water partition coefficient (Wildman–Crippen LogP) is 2.46. The van der Waals surface area contributed by atoms with E-state index in [4.69, 9.17) is 0 Å². The molecule has 0 spiro atoms. The van der Waals surface area contributed by atoms with Crippen LogP contribution >= 0.6 is 0 Å². The molecule has 2 aromatic heterocycles. The van der Waals surface area contributed by atoms with Gasteiger partial charge in [-0.25, -0.2) is 0 Å². The molecule has 0 saturated carbocycles. The van der Waals surface area contributed by atoms with Crippen molar-refractivity contribution < 1.29 is 4.79 Å². The molecule has 1 aliphatic heterocycles. The van der Waals surface area contributed by atoms with Crippen LogP contribution in [0, 0.1) is 12.8 Å². The molecule has 0 aromatic carbocycles. The summed E-state index contributed by atoms with van der Waals surface area (Å²) in [5, 5.41) is 4.24. The first-order valence-corrected chi connectivity index (χ1v) is 8.37. The van der Waals surface area contributed by atoms with Gasteiger partial charge in [0, 0.05) is 50.3 Å². The number of amides is 1. The zero-order valence-corrected chi connectivity index (χ0v) is 13.7. The van der Waals surface area contributed by atoms with E-state index < -0.39 is 0 Å². The monoisotopic (exact) mass is 312 g/mol. The summed E-state index contributed by atoms with van der Waals surface area (Å²) in [7, 11) is 0. The van der Waals surface area contributed by atoms with Crippen molar-refractivity contribution in [1.29, 1.82) is 0 Å². The molecule has 0 bridgehead atoms. The van der Waals surface area contributed by atoms with Gasteiger partial charge in [0.2, 0.25) is 5.91 Å². The van der Waals surface area contributed by atoms with Gasteiger partial charge >= 0.3 is 0 Å². The zero-order chi connectivity index (χ0) is 16.1. The molecule has 3 rings (SSSR count). The van der Waals surface area contributed by atoms with Crippen molar-refractivity contribution in [1.82, 2.24) is 19.7 Å². The van der Waals surface area contributed by atoms with Gasteiger partial charge in [0.05, 0.1) is 0 Å².